The standard InChI is InChI=1S/C20H22N8/c1-11-6-12(2)28-20(22-11)23-19(25-28)18-8-17(24-26(18)3)16-7-15(16)13-9-21-27(10-13)14-4-5-14/h6,8-10,14-16H,4-5,7H2,1-3H3. The molecule has 2 unspecified atom stereocenters. The minimum atomic E-state index is 0.455. The Bertz CT molecular complexity index is 1210. The van der Waals surface area contributed by atoms with Crippen molar-refractivity contribution in [1.29, 1.82) is 0 Å². The van der Waals surface area contributed by atoms with Gasteiger partial charge in [-0.05, 0) is 56.7 Å². The molecule has 0 radical (unpaired) electrons. The fourth-order valence-corrected chi connectivity index (χ4v) is 4.13. The minimum absolute atomic E-state index is 0.455. The van der Waals surface area contributed by atoms with E-state index < -0.39 is 0 Å². The van der Waals surface area contributed by atoms with Crippen LogP contribution >= 0.6 is 0 Å². The molecular formula is C20H22N8. The number of aromatic nitrogens is 8. The summed E-state index contributed by atoms with van der Waals surface area (Å²) in [7, 11) is 1.96. The van der Waals surface area contributed by atoms with Crippen molar-refractivity contribution in [3.05, 3.63) is 47.2 Å². The highest BCUT2D eigenvalue weighted by Crippen LogP contribution is 2.54. The van der Waals surface area contributed by atoms with E-state index in [1.807, 2.05) is 37.8 Å². The van der Waals surface area contributed by atoms with Crippen molar-refractivity contribution < 1.29 is 0 Å². The number of hydrogen-bond donors (Lipinski definition) is 0. The molecule has 2 aliphatic carbocycles. The maximum absolute atomic E-state index is 4.77. The van der Waals surface area contributed by atoms with Crippen molar-refractivity contribution in [2.75, 3.05) is 0 Å². The van der Waals surface area contributed by atoms with Gasteiger partial charge in [0.05, 0.1) is 17.9 Å². The van der Waals surface area contributed by atoms with Crippen LogP contribution in [0.15, 0.2) is 24.5 Å². The molecule has 0 saturated heterocycles. The first kappa shape index (κ1) is 16.0. The second-order valence-corrected chi connectivity index (χ2v) is 8.20. The smallest absolute Gasteiger partial charge is 0.253 e. The zero-order valence-corrected chi connectivity index (χ0v) is 16.2. The second kappa shape index (κ2) is 5.50. The highest BCUT2D eigenvalue weighted by atomic mass is 15.4. The molecule has 2 fully saturated rings. The highest BCUT2D eigenvalue weighted by molar-refractivity contribution is 5.54. The summed E-state index contributed by atoms with van der Waals surface area (Å²) in [6.45, 7) is 3.99. The molecule has 4 aromatic rings. The Labute approximate surface area is 162 Å². The molecule has 8 nitrogen and oxygen atoms in total. The highest BCUT2D eigenvalue weighted by Gasteiger charge is 2.43. The van der Waals surface area contributed by atoms with Crippen LogP contribution in [0.5, 0.6) is 0 Å². The van der Waals surface area contributed by atoms with E-state index in [-0.39, 0.29) is 0 Å². The number of hydrogen-bond acceptors (Lipinski definition) is 5. The van der Waals surface area contributed by atoms with Gasteiger partial charge in [0.25, 0.3) is 5.78 Å². The minimum Gasteiger partial charge on any atom is -0.269 e. The zero-order valence-electron chi connectivity index (χ0n) is 16.2. The predicted octanol–water partition coefficient (Wildman–Crippen LogP) is 2.94. The molecule has 6 rings (SSSR count). The average Bonchev–Trinajstić information content (AvgIpc) is 3.53. The molecule has 8 heteroatoms. The van der Waals surface area contributed by atoms with Gasteiger partial charge in [-0.2, -0.15) is 15.2 Å². The van der Waals surface area contributed by atoms with E-state index in [9.17, 15) is 0 Å². The van der Waals surface area contributed by atoms with E-state index in [1.165, 1.54) is 18.4 Å². The predicted molar refractivity (Wildman–Crippen MR) is 103 cm³/mol. The van der Waals surface area contributed by atoms with Crippen LogP contribution in [-0.4, -0.2) is 39.1 Å². The third-order valence-corrected chi connectivity index (χ3v) is 5.89. The van der Waals surface area contributed by atoms with Crippen LogP contribution < -0.4 is 0 Å². The molecule has 4 aromatic heterocycles. The summed E-state index contributed by atoms with van der Waals surface area (Å²) in [5.41, 5.74) is 5.35. The number of aryl methyl sites for hydroxylation is 3. The first-order chi connectivity index (χ1) is 13.6. The van der Waals surface area contributed by atoms with Gasteiger partial charge < -0.3 is 0 Å². The lowest BCUT2D eigenvalue weighted by atomic mass is 10.1. The van der Waals surface area contributed by atoms with Crippen LogP contribution in [0.2, 0.25) is 0 Å². The molecule has 4 heterocycles. The normalized spacial score (nSPS) is 21.5. The summed E-state index contributed by atoms with van der Waals surface area (Å²) in [5.74, 6) is 2.28. The van der Waals surface area contributed by atoms with Gasteiger partial charge in [-0.1, -0.05) is 0 Å². The van der Waals surface area contributed by atoms with Crippen LogP contribution in [0.1, 0.15) is 59.8 Å². The van der Waals surface area contributed by atoms with E-state index in [0.717, 1.165) is 29.2 Å². The van der Waals surface area contributed by atoms with Gasteiger partial charge in [0.1, 0.15) is 5.69 Å². The van der Waals surface area contributed by atoms with Crippen molar-refractivity contribution in [3.63, 3.8) is 0 Å². The molecule has 2 atom stereocenters. The topological polar surface area (TPSA) is 78.7 Å². The van der Waals surface area contributed by atoms with Crippen LogP contribution in [0, 0.1) is 13.8 Å². The first-order valence-electron chi connectivity index (χ1n) is 9.86. The molecular weight excluding hydrogens is 352 g/mol. The van der Waals surface area contributed by atoms with Crippen molar-refractivity contribution in [2.45, 2.75) is 51.0 Å². The second-order valence-electron chi connectivity index (χ2n) is 8.20. The summed E-state index contributed by atoms with van der Waals surface area (Å²) in [6.07, 6.45) is 7.92. The molecule has 0 spiro atoms. The number of fused-ring (bicyclic) bond motifs is 1. The van der Waals surface area contributed by atoms with E-state index in [4.69, 9.17) is 5.10 Å². The lowest BCUT2D eigenvalue weighted by Crippen LogP contribution is -1.98. The van der Waals surface area contributed by atoms with Gasteiger partial charge >= 0.3 is 0 Å². The molecule has 0 bridgehead atoms. The van der Waals surface area contributed by atoms with Crippen molar-refractivity contribution in [2.24, 2.45) is 7.05 Å². The number of nitrogens with zero attached hydrogens (tertiary/aromatic N) is 8. The molecule has 142 valence electrons. The summed E-state index contributed by atoms with van der Waals surface area (Å²) in [5, 5.41) is 14.0. The summed E-state index contributed by atoms with van der Waals surface area (Å²) in [4.78, 5) is 9.12. The van der Waals surface area contributed by atoms with Crippen molar-refractivity contribution in [3.8, 4) is 11.5 Å². The van der Waals surface area contributed by atoms with E-state index >= 15 is 0 Å². The molecule has 0 aromatic carbocycles. The van der Waals surface area contributed by atoms with E-state index in [1.54, 1.807) is 4.52 Å². The molecule has 0 aliphatic heterocycles. The van der Waals surface area contributed by atoms with Crippen LogP contribution in [0.3, 0.4) is 0 Å². The quantitative estimate of drug-likeness (QED) is 0.549. The molecule has 28 heavy (non-hydrogen) atoms. The monoisotopic (exact) mass is 374 g/mol. The maximum atomic E-state index is 4.77. The Hall–Kier alpha value is -3.03. The molecule has 2 saturated carbocycles. The summed E-state index contributed by atoms with van der Waals surface area (Å²) < 4.78 is 5.81. The van der Waals surface area contributed by atoms with Crippen molar-refractivity contribution >= 4 is 5.78 Å². The summed E-state index contributed by atoms with van der Waals surface area (Å²) in [6, 6.07) is 4.78. The largest absolute Gasteiger partial charge is 0.269 e. The Morgan fingerprint density at radius 2 is 1.89 bits per heavy atom. The van der Waals surface area contributed by atoms with Gasteiger partial charge in [0.15, 0.2) is 0 Å². The van der Waals surface area contributed by atoms with Crippen LogP contribution in [-0.2, 0) is 7.05 Å². The Balaban J connectivity index is 1.30. The van der Waals surface area contributed by atoms with E-state index in [2.05, 4.69) is 37.1 Å². The summed E-state index contributed by atoms with van der Waals surface area (Å²) >= 11 is 0. The zero-order chi connectivity index (χ0) is 19.0. The maximum Gasteiger partial charge on any atom is 0.253 e. The van der Waals surface area contributed by atoms with Gasteiger partial charge in [0, 0.05) is 30.6 Å². The SMILES string of the molecule is Cc1cc(C)n2nc(-c3cc(C4CC4c4cnn(C5CC5)c4)nn3C)nc2n1. The average molecular weight is 374 g/mol. The van der Waals surface area contributed by atoms with Gasteiger partial charge in [-0.15, -0.1) is 5.10 Å². The molecule has 0 N–H and O–H groups in total. The molecule has 0 amide bonds. The van der Waals surface area contributed by atoms with Gasteiger partial charge in [0.2, 0.25) is 5.82 Å². The van der Waals surface area contributed by atoms with Crippen LogP contribution in [0.4, 0.5) is 0 Å². The fourth-order valence-electron chi connectivity index (χ4n) is 4.13. The lowest BCUT2D eigenvalue weighted by Gasteiger charge is -1.97. The third-order valence-electron chi connectivity index (χ3n) is 5.89. The lowest BCUT2D eigenvalue weighted by molar-refractivity contribution is 0.641. The van der Waals surface area contributed by atoms with Crippen molar-refractivity contribution in [1.82, 2.24) is 39.1 Å². The third kappa shape index (κ3) is 2.47. The van der Waals surface area contributed by atoms with E-state index in [0.29, 0.717) is 29.5 Å². The first-order valence-corrected chi connectivity index (χ1v) is 9.86. The van der Waals surface area contributed by atoms with Gasteiger partial charge in [-0.3, -0.25) is 9.36 Å². The fraction of sp³-hybridized carbons (Fsp3) is 0.450. The number of rotatable bonds is 4. The van der Waals surface area contributed by atoms with Crippen LogP contribution in [0.25, 0.3) is 17.3 Å². The molecule has 2 aliphatic rings. The Kier molecular flexibility index (Phi) is 3.14. The Morgan fingerprint density at radius 3 is 2.71 bits per heavy atom. The Morgan fingerprint density at radius 1 is 1.04 bits per heavy atom. The van der Waals surface area contributed by atoms with Gasteiger partial charge in [-0.25, -0.2) is 9.50 Å².